The summed E-state index contributed by atoms with van der Waals surface area (Å²) < 4.78 is 11.4. The predicted molar refractivity (Wildman–Crippen MR) is 107 cm³/mol. The molecule has 0 aliphatic carbocycles. The number of methoxy groups -OCH3 is 2. The Morgan fingerprint density at radius 3 is 2.29 bits per heavy atom. The van der Waals surface area contributed by atoms with Crippen molar-refractivity contribution in [1.29, 1.82) is 0 Å². The van der Waals surface area contributed by atoms with E-state index in [1.54, 1.807) is 37.3 Å². The number of hydrogen-bond donors (Lipinski definition) is 0. The van der Waals surface area contributed by atoms with Crippen LogP contribution in [0.1, 0.15) is 0 Å². The highest BCUT2D eigenvalue weighted by Gasteiger charge is 2.05. The van der Waals surface area contributed by atoms with E-state index in [4.69, 9.17) is 32.7 Å². The molecule has 0 saturated carbocycles. The molecule has 2 nitrogen and oxygen atoms in total. The lowest BCUT2D eigenvalue weighted by atomic mass is 10.3. The van der Waals surface area contributed by atoms with Crippen molar-refractivity contribution in [3.05, 3.63) is 64.0 Å². The molecule has 0 radical (unpaired) electrons. The third-order valence-corrected chi connectivity index (χ3v) is 5.57. The molecule has 0 saturated heterocycles. The first-order chi connectivity index (χ1) is 11.6. The molecular formula is C18H18Cl2O2S2. The largest absolute Gasteiger partial charge is 0.355 e. The van der Waals surface area contributed by atoms with Gasteiger partial charge >= 0.3 is 0 Å². The highest BCUT2D eigenvalue weighted by atomic mass is 35.5. The molecule has 3 rings (SSSR count). The van der Waals surface area contributed by atoms with Crippen LogP contribution in [0.4, 0.5) is 0 Å². The van der Waals surface area contributed by atoms with Crippen LogP contribution in [0.5, 0.6) is 0 Å². The van der Waals surface area contributed by atoms with Gasteiger partial charge in [0, 0.05) is 39.6 Å². The van der Waals surface area contributed by atoms with Crippen LogP contribution >= 0.6 is 46.3 Å². The van der Waals surface area contributed by atoms with Crippen LogP contribution in [0.2, 0.25) is 10.0 Å². The Bertz CT molecular complexity index is 740. The van der Waals surface area contributed by atoms with E-state index >= 15 is 0 Å². The van der Waals surface area contributed by atoms with E-state index in [1.807, 2.05) is 42.5 Å². The van der Waals surface area contributed by atoms with Gasteiger partial charge in [-0.3, -0.25) is 0 Å². The summed E-state index contributed by atoms with van der Waals surface area (Å²) in [6.07, 6.45) is -0.157. The molecule has 0 aliphatic rings. The second kappa shape index (κ2) is 10.3. The molecule has 0 unspecified atom stereocenters. The first-order valence-electron chi connectivity index (χ1n) is 7.19. The minimum Gasteiger partial charge on any atom is -0.355 e. The monoisotopic (exact) mass is 400 g/mol. The van der Waals surface area contributed by atoms with Crippen molar-refractivity contribution in [1.82, 2.24) is 0 Å². The second-order valence-corrected chi connectivity index (χ2v) is 7.68. The summed E-state index contributed by atoms with van der Waals surface area (Å²) in [5, 5.41) is 4.87. The second-order valence-electron chi connectivity index (χ2n) is 4.77. The van der Waals surface area contributed by atoms with Crippen LogP contribution in [0.15, 0.2) is 58.8 Å². The summed E-state index contributed by atoms with van der Waals surface area (Å²) in [7, 11) is 3.27. The highest BCUT2D eigenvalue weighted by Crippen LogP contribution is 2.23. The highest BCUT2D eigenvalue weighted by molar-refractivity contribution is 7.99. The SMILES string of the molecule is COC(CSc1ccc(Cl)cc1)OC.Clc1ccc2sccc2c1. The van der Waals surface area contributed by atoms with Crippen LogP contribution in [0.25, 0.3) is 10.1 Å². The Labute approximate surface area is 160 Å². The van der Waals surface area contributed by atoms with Crippen molar-refractivity contribution >= 4 is 56.4 Å². The van der Waals surface area contributed by atoms with Gasteiger partial charge in [-0.05, 0) is 59.3 Å². The summed E-state index contributed by atoms with van der Waals surface area (Å²) in [6, 6.07) is 15.7. The number of halogens is 2. The van der Waals surface area contributed by atoms with Crippen molar-refractivity contribution in [3.8, 4) is 0 Å². The predicted octanol–water partition coefficient (Wildman–Crippen LogP) is 6.61. The molecule has 0 fully saturated rings. The average molecular weight is 401 g/mol. The Hall–Kier alpha value is -0.750. The molecular weight excluding hydrogens is 383 g/mol. The average Bonchev–Trinajstić information content (AvgIpc) is 3.05. The molecule has 2 aromatic carbocycles. The van der Waals surface area contributed by atoms with Crippen molar-refractivity contribution in [2.45, 2.75) is 11.2 Å². The topological polar surface area (TPSA) is 18.5 Å². The Balaban J connectivity index is 0.000000182. The molecule has 128 valence electrons. The number of benzene rings is 2. The molecule has 1 heterocycles. The summed E-state index contributed by atoms with van der Waals surface area (Å²) in [6.45, 7) is 0. The van der Waals surface area contributed by atoms with Gasteiger partial charge in [-0.15, -0.1) is 23.1 Å². The number of rotatable bonds is 5. The van der Waals surface area contributed by atoms with E-state index in [2.05, 4.69) is 11.4 Å². The van der Waals surface area contributed by atoms with E-state index < -0.39 is 0 Å². The van der Waals surface area contributed by atoms with E-state index in [-0.39, 0.29) is 6.29 Å². The summed E-state index contributed by atoms with van der Waals surface area (Å²) >= 11 is 15.0. The van der Waals surface area contributed by atoms with Gasteiger partial charge in [0.2, 0.25) is 0 Å². The smallest absolute Gasteiger partial charge is 0.166 e. The normalized spacial score (nSPS) is 10.7. The first kappa shape index (κ1) is 19.6. The summed E-state index contributed by atoms with van der Waals surface area (Å²) in [5.74, 6) is 0.772. The Morgan fingerprint density at radius 2 is 1.62 bits per heavy atom. The fourth-order valence-electron chi connectivity index (χ4n) is 1.86. The van der Waals surface area contributed by atoms with Crippen LogP contribution in [-0.2, 0) is 9.47 Å². The molecule has 1 aromatic heterocycles. The minimum atomic E-state index is -0.157. The maximum absolute atomic E-state index is 5.78. The van der Waals surface area contributed by atoms with E-state index in [9.17, 15) is 0 Å². The lowest BCUT2D eigenvalue weighted by Gasteiger charge is -2.12. The Morgan fingerprint density at radius 1 is 0.958 bits per heavy atom. The van der Waals surface area contributed by atoms with Crippen LogP contribution in [0, 0.1) is 0 Å². The third-order valence-electron chi connectivity index (χ3n) is 3.14. The lowest BCUT2D eigenvalue weighted by Crippen LogP contribution is -2.15. The summed E-state index contributed by atoms with van der Waals surface area (Å²) in [5.41, 5.74) is 0. The number of hydrogen-bond acceptors (Lipinski definition) is 4. The number of fused-ring (bicyclic) bond motifs is 1. The lowest BCUT2D eigenvalue weighted by molar-refractivity contribution is -0.0842. The van der Waals surface area contributed by atoms with E-state index in [1.165, 1.54) is 10.1 Å². The molecule has 0 atom stereocenters. The van der Waals surface area contributed by atoms with Crippen molar-refractivity contribution in [2.75, 3.05) is 20.0 Å². The van der Waals surface area contributed by atoms with Crippen molar-refractivity contribution in [3.63, 3.8) is 0 Å². The van der Waals surface area contributed by atoms with Gasteiger partial charge in [0.25, 0.3) is 0 Å². The molecule has 6 heteroatoms. The number of thioether (sulfide) groups is 1. The molecule has 0 amide bonds. The maximum atomic E-state index is 5.78. The molecule has 0 N–H and O–H groups in total. The molecule has 24 heavy (non-hydrogen) atoms. The van der Waals surface area contributed by atoms with Gasteiger partial charge in [-0.1, -0.05) is 23.2 Å². The summed E-state index contributed by atoms with van der Waals surface area (Å²) in [4.78, 5) is 1.16. The zero-order valence-corrected chi connectivity index (χ0v) is 16.5. The van der Waals surface area contributed by atoms with Gasteiger partial charge in [-0.2, -0.15) is 0 Å². The quantitative estimate of drug-likeness (QED) is 0.354. The van der Waals surface area contributed by atoms with Crippen molar-refractivity contribution < 1.29 is 9.47 Å². The standard InChI is InChI=1S/C10H13ClO2S.C8H5ClS/c1-12-10(13-2)7-14-9-5-3-8(11)4-6-9;9-7-1-2-8-6(5-7)3-4-10-8/h3-6,10H,7H2,1-2H3;1-5H. The van der Waals surface area contributed by atoms with E-state index in [0.29, 0.717) is 0 Å². The minimum absolute atomic E-state index is 0.157. The van der Waals surface area contributed by atoms with E-state index in [0.717, 1.165) is 20.7 Å². The fourth-order valence-corrected chi connectivity index (χ4v) is 3.87. The first-order valence-corrected chi connectivity index (χ1v) is 9.81. The Kier molecular flexibility index (Phi) is 8.39. The van der Waals surface area contributed by atoms with Gasteiger partial charge < -0.3 is 9.47 Å². The molecule has 3 aromatic rings. The van der Waals surface area contributed by atoms with Gasteiger partial charge in [0.1, 0.15) is 0 Å². The van der Waals surface area contributed by atoms with Crippen LogP contribution in [-0.4, -0.2) is 26.3 Å². The maximum Gasteiger partial charge on any atom is 0.166 e. The van der Waals surface area contributed by atoms with Gasteiger partial charge in [0.15, 0.2) is 6.29 Å². The number of thiophene rings is 1. The zero-order valence-electron chi connectivity index (χ0n) is 13.4. The van der Waals surface area contributed by atoms with Crippen LogP contribution < -0.4 is 0 Å². The number of ether oxygens (including phenoxy) is 2. The van der Waals surface area contributed by atoms with Gasteiger partial charge in [-0.25, -0.2) is 0 Å². The van der Waals surface area contributed by atoms with Crippen LogP contribution in [0.3, 0.4) is 0 Å². The third kappa shape index (κ3) is 6.28. The molecule has 0 bridgehead atoms. The fraction of sp³-hybridized carbons (Fsp3) is 0.222. The molecule has 0 aliphatic heterocycles. The van der Waals surface area contributed by atoms with Gasteiger partial charge in [0.05, 0.1) is 0 Å². The zero-order chi connectivity index (χ0) is 17.4. The van der Waals surface area contributed by atoms with Crippen molar-refractivity contribution in [2.24, 2.45) is 0 Å². The molecule has 0 spiro atoms.